The van der Waals surface area contributed by atoms with Gasteiger partial charge >= 0.3 is 0 Å². The number of nitrogens with zero attached hydrogens (tertiary/aromatic N) is 5. The summed E-state index contributed by atoms with van der Waals surface area (Å²) in [6.07, 6.45) is 4.29. The lowest BCUT2D eigenvalue weighted by Gasteiger charge is -2.49. The zero-order valence-electron chi connectivity index (χ0n) is 16.0. The number of thioether (sulfide) groups is 1. The smallest absolute Gasteiger partial charge is 0.226 e. The molecule has 2 bridgehead atoms. The van der Waals surface area contributed by atoms with Gasteiger partial charge < -0.3 is 4.90 Å². The van der Waals surface area contributed by atoms with Crippen LogP contribution < -0.4 is 0 Å². The van der Waals surface area contributed by atoms with Gasteiger partial charge in [0.15, 0.2) is 0 Å². The van der Waals surface area contributed by atoms with E-state index in [0.29, 0.717) is 12.0 Å². The number of benzene rings is 1. The molecular formula is C20H27N5OS. The summed E-state index contributed by atoms with van der Waals surface area (Å²) in [7, 11) is 3.73. The summed E-state index contributed by atoms with van der Waals surface area (Å²) in [5, 5.41) is 8.68. The molecule has 2 aromatic rings. The van der Waals surface area contributed by atoms with Crippen molar-refractivity contribution in [3.05, 3.63) is 42.2 Å². The Kier molecular flexibility index (Phi) is 5.50. The van der Waals surface area contributed by atoms with Crippen molar-refractivity contribution in [1.29, 1.82) is 0 Å². The van der Waals surface area contributed by atoms with Crippen LogP contribution >= 0.6 is 11.8 Å². The Morgan fingerprint density at radius 2 is 2.11 bits per heavy atom. The first-order valence-corrected chi connectivity index (χ1v) is 10.6. The Balaban J connectivity index is 1.33. The van der Waals surface area contributed by atoms with E-state index >= 15 is 0 Å². The normalized spacial score (nSPS) is 26.9. The lowest BCUT2D eigenvalue weighted by Crippen LogP contribution is -2.57. The van der Waals surface area contributed by atoms with E-state index in [-0.39, 0.29) is 11.8 Å². The van der Waals surface area contributed by atoms with Gasteiger partial charge in [-0.05, 0) is 37.4 Å². The van der Waals surface area contributed by atoms with Gasteiger partial charge in [-0.3, -0.25) is 14.4 Å². The Hall–Kier alpha value is -1.86. The monoisotopic (exact) mass is 385 g/mol. The van der Waals surface area contributed by atoms with Crippen LogP contribution in [0.25, 0.3) is 0 Å². The van der Waals surface area contributed by atoms with Gasteiger partial charge in [0, 0.05) is 43.5 Å². The molecule has 7 heteroatoms. The standard InChI is InChI=1S/C20H27N5OS/c1-23(2)20(26)19-13-24-9-8-15(19)10-17(24)12-25-11-16(21-22-25)14-27-18-6-4-3-5-7-18/h3-7,11,15,17,19H,8-10,12-14H2,1-2H3/t15-,17+,19+/m0/s1. The van der Waals surface area contributed by atoms with Gasteiger partial charge in [-0.2, -0.15) is 0 Å². The lowest BCUT2D eigenvalue weighted by atomic mass is 9.75. The number of carbonyl (C=O) groups excluding carboxylic acids is 1. The highest BCUT2D eigenvalue weighted by Crippen LogP contribution is 2.37. The molecule has 1 aromatic heterocycles. The molecule has 0 saturated carbocycles. The minimum atomic E-state index is 0.165. The van der Waals surface area contributed by atoms with Crippen LogP contribution in [0.15, 0.2) is 41.4 Å². The third-order valence-electron chi connectivity index (χ3n) is 5.75. The van der Waals surface area contributed by atoms with Crippen LogP contribution in [-0.4, -0.2) is 63.9 Å². The molecule has 3 fully saturated rings. The molecule has 4 heterocycles. The molecule has 0 N–H and O–H groups in total. The van der Waals surface area contributed by atoms with Crippen molar-refractivity contribution >= 4 is 17.7 Å². The predicted molar refractivity (Wildman–Crippen MR) is 106 cm³/mol. The van der Waals surface area contributed by atoms with E-state index in [4.69, 9.17) is 0 Å². The summed E-state index contributed by atoms with van der Waals surface area (Å²) in [6.45, 7) is 2.85. The number of hydrogen-bond donors (Lipinski definition) is 0. The summed E-state index contributed by atoms with van der Waals surface area (Å²) < 4.78 is 1.98. The van der Waals surface area contributed by atoms with Crippen molar-refractivity contribution in [2.75, 3.05) is 27.2 Å². The lowest BCUT2D eigenvalue weighted by molar-refractivity contribution is -0.141. The number of aromatic nitrogens is 3. The molecule has 0 spiro atoms. The second kappa shape index (κ2) is 8.02. The summed E-state index contributed by atoms with van der Waals surface area (Å²) in [4.78, 5) is 17.9. The van der Waals surface area contributed by atoms with Crippen LogP contribution in [0.3, 0.4) is 0 Å². The van der Waals surface area contributed by atoms with Crippen LogP contribution in [0.5, 0.6) is 0 Å². The number of hydrogen-bond acceptors (Lipinski definition) is 5. The highest BCUT2D eigenvalue weighted by atomic mass is 32.2. The first kappa shape index (κ1) is 18.5. The molecule has 5 rings (SSSR count). The Morgan fingerprint density at radius 1 is 1.30 bits per heavy atom. The molecule has 1 aromatic carbocycles. The van der Waals surface area contributed by atoms with Crippen LogP contribution in [0.1, 0.15) is 18.5 Å². The maximum absolute atomic E-state index is 12.4. The summed E-state index contributed by atoms with van der Waals surface area (Å²) in [5.41, 5.74) is 1.01. The van der Waals surface area contributed by atoms with E-state index in [1.807, 2.05) is 24.8 Å². The molecular weight excluding hydrogens is 358 g/mol. The molecule has 3 saturated heterocycles. The second-order valence-corrected chi connectivity index (χ2v) is 8.85. The zero-order chi connectivity index (χ0) is 18.8. The number of rotatable bonds is 6. The topological polar surface area (TPSA) is 54.3 Å². The molecule has 3 aliphatic heterocycles. The van der Waals surface area contributed by atoms with Gasteiger partial charge in [-0.25, -0.2) is 0 Å². The molecule has 1 unspecified atom stereocenters. The van der Waals surface area contributed by atoms with Gasteiger partial charge in [-0.15, -0.1) is 16.9 Å². The highest BCUT2D eigenvalue weighted by Gasteiger charge is 2.43. The largest absolute Gasteiger partial charge is 0.349 e. The average Bonchev–Trinajstić information content (AvgIpc) is 3.14. The molecule has 144 valence electrons. The third-order valence-corrected chi connectivity index (χ3v) is 6.80. The van der Waals surface area contributed by atoms with Crippen LogP contribution in [0, 0.1) is 11.8 Å². The van der Waals surface area contributed by atoms with E-state index < -0.39 is 0 Å². The average molecular weight is 386 g/mol. The number of fused-ring (bicyclic) bond motifs is 3. The summed E-state index contributed by atoms with van der Waals surface area (Å²) in [6, 6.07) is 10.8. The van der Waals surface area contributed by atoms with Crippen molar-refractivity contribution in [2.24, 2.45) is 11.8 Å². The quantitative estimate of drug-likeness (QED) is 0.715. The van der Waals surface area contributed by atoms with Gasteiger partial charge in [0.2, 0.25) is 5.91 Å². The van der Waals surface area contributed by atoms with E-state index in [0.717, 1.165) is 43.9 Å². The van der Waals surface area contributed by atoms with Gasteiger partial charge in [0.05, 0.1) is 18.2 Å². The van der Waals surface area contributed by atoms with Crippen LogP contribution in [-0.2, 0) is 17.1 Å². The van der Waals surface area contributed by atoms with Crippen molar-refractivity contribution < 1.29 is 4.79 Å². The molecule has 0 aliphatic carbocycles. The minimum absolute atomic E-state index is 0.165. The fourth-order valence-corrected chi connectivity index (χ4v) is 5.12. The minimum Gasteiger partial charge on any atom is -0.349 e. The molecule has 0 radical (unpaired) electrons. The van der Waals surface area contributed by atoms with Crippen LogP contribution in [0.4, 0.5) is 0 Å². The van der Waals surface area contributed by atoms with Gasteiger partial charge in [0.25, 0.3) is 0 Å². The van der Waals surface area contributed by atoms with E-state index in [1.165, 1.54) is 4.90 Å². The van der Waals surface area contributed by atoms with Crippen molar-refractivity contribution in [3.63, 3.8) is 0 Å². The van der Waals surface area contributed by atoms with Crippen molar-refractivity contribution in [2.45, 2.75) is 36.1 Å². The number of amides is 1. The third kappa shape index (κ3) is 4.19. The first-order chi connectivity index (χ1) is 13.1. The maximum atomic E-state index is 12.4. The fourth-order valence-electron chi connectivity index (χ4n) is 4.32. The molecule has 3 aliphatic rings. The number of carbonyl (C=O) groups is 1. The van der Waals surface area contributed by atoms with Crippen LogP contribution in [0.2, 0.25) is 0 Å². The van der Waals surface area contributed by atoms with Gasteiger partial charge in [-0.1, -0.05) is 23.4 Å². The van der Waals surface area contributed by atoms with E-state index in [1.54, 1.807) is 16.7 Å². The predicted octanol–water partition coefficient (Wildman–Crippen LogP) is 2.37. The van der Waals surface area contributed by atoms with Crippen molar-refractivity contribution in [3.8, 4) is 0 Å². The maximum Gasteiger partial charge on any atom is 0.226 e. The SMILES string of the molecule is CN(C)C(=O)[C@@H]1CN2CC[C@H]1C[C@@H]2Cn1cc(CSc2ccccc2)nn1. The molecule has 6 nitrogen and oxygen atoms in total. The first-order valence-electron chi connectivity index (χ1n) is 9.62. The van der Waals surface area contributed by atoms with E-state index in [9.17, 15) is 4.79 Å². The Bertz CT molecular complexity index is 778. The Labute approximate surface area is 164 Å². The molecule has 27 heavy (non-hydrogen) atoms. The summed E-state index contributed by atoms with van der Waals surface area (Å²) in [5.74, 6) is 1.79. The number of piperidine rings is 3. The zero-order valence-corrected chi connectivity index (χ0v) is 16.8. The second-order valence-electron chi connectivity index (χ2n) is 7.81. The van der Waals surface area contributed by atoms with Gasteiger partial charge in [0.1, 0.15) is 0 Å². The van der Waals surface area contributed by atoms with Crippen molar-refractivity contribution in [1.82, 2.24) is 24.8 Å². The highest BCUT2D eigenvalue weighted by molar-refractivity contribution is 7.98. The van der Waals surface area contributed by atoms with E-state index in [2.05, 4.69) is 45.7 Å². The summed E-state index contributed by atoms with van der Waals surface area (Å²) >= 11 is 1.78. The fraction of sp³-hybridized carbons (Fsp3) is 0.550. The molecule has 1 amide bonds. The molecule has 4 atom stereocenters. The Morgan fingerprint density at radius 3 is 2.81 bits per heavy atom.